The SMILES string of the molecule is CC(C)C1CC(C(=O)N2CCC[C@@H](c3nc(-c4ccc(C(=O)Nc5cc(C(F)(F)F)ccn5)cc4)c4c(N)nccn34)C2)C1. The number of amides is 2. The van der Waals surface area contributed by atoms with E-state index in [0.717, 1.165) is 56.4 Å². The number of hydrogen-bond acceptors (Lipinski definition) is 6. The fourth-order valence-corrected chi connectivity index (χ4v) is 6.27. The van der Waals surface area contributed by atoms with Crippen molar-refractivity contribution in [3.05, 3.63) is 71.9 Å². The van der Waals surface area contributed by atoms with Crippen LogP contribution >= 0.6 is 0 Å². The zero-order valence-electron chi connectivity index (χ0n) is 24.5. The molecule has 1 aromatic carbocycles. The average molecular weight is 606 g/mol. The van der Waals surface area contributed by atoms with Gasteiger partial charge in [-0.1, -0.05) is 26.0 Å². The number of halogens is 3. The number of aromatic nitrogens is 4. The van der Waals surface area contributed by atoms with E-state index in [0.29, 0.717) is 41.0 Å². The van der Waals surface area contributed by atoms with Gasteiger partial charge >= 0.3 is 6.18 Å². The fraction of sp³-hybridized carbons (Fsp3) is 0.406. The molecule has 0 bridgehead atoms. The lowest BCUT2D eigenvalue weighted by Gasteiger charge is -2.41. The molecule has 3 N–H and O–H groups in total. The van der Waals surface area contributed by atoms with E-state index in [1.54, 1.807) is 30.5 Å². The molecule has 4 heterocycles. The van der Waals surface area contributed by atoms with Gasteiger partial charge in [0.15, 0.2) is 0 Å². The molecule has 230 valence electrons. The highest BCUT2D eigenvalue weighted by Gasteiger charge is 2.40. The Bertz CT molecular complexity index is 1690. The summed E-state index contributed by atoms with van der Waals surface area (Å²) in [6.07, 6.45) is 3.57. The van der Waals surface area contributed by atoms with Gasteiger partial charge in [-0.3, -0.25) is 14.0 Å². The maximum atomic E-state index is 13.3. The molecule has 1 saturated heterocycles. The Morgan fingerprint density at radius 3 is 2.52 bits per heavy atom. The van der Waals surface area contributed by atoms with E-state index in [1.165, 1.54) is 0 Å². The third-order valence-corrected chi connectivity index (χ3v) is 8.92. The highest BCUT2D eigenvalue weighted by Crippen LogP contribution is 2.41. The second-order valence-electron chi connectivity index (χ2n) is 12.1. The first kappa shape index (κ1) is 29.6. The number of carbonyl (C=O) groups excluding carboxylic acids is 2. The molecule has 1 aliphatic carbocycles. The van der Waals surface area contributed by atoms with Crippen LogP contribution in [0.1, 0.15) is 67.2 Å². The smallest absolute Gasteiger partial charge is 0.382 e. The summed E-state index contributed by atoms with van der Waals surface area (Å²) in [5.74, 6) is 1.88. The van der Waals surface area contributed by atoms with Crippen molar-refractivity contribution in [2.24, 2.45) is 17.8 Å². The molecule has 12 heteroatoms. The van der Waals surface area contributed by atoms with Gasteiger partial charge in [-0.15, -0.1) is 0 Å². The number of hydrogen-bond donors (Lipinski definition) is 2. The maximum Gasteiger partial charge on any atom is 0.416 e. The van der Waals surface area contributed by atoms with Crippen LogP contribution in [0.3, 0.4) is 0 Å². The van der Waals surface area contributed by atoms with Crippen LogP contribution in [0.2, 0.25) is 0 Å². The van der Waals surface area contributed by atoms with Gasteiger partial charge in [-0.05, 0) is 61.8 Å². The summed E-state index contributed by atoms with van der Waals surface area (Å²) in [6, 6.07) is 8.19. The molecule has 9 nitrogen and oxygen atoms in total. The molecular weight excluding hydrogens is 571 g/mol. The molecule has 1 saturated carbocycles. The van der Waals surface area contributed by atoms with Crippen LogP contribution in [0, 0.1) is 17.8 Å². The predicted octanol–water partition coefficient (Wildman–Crippen LogP) is 6.03. The molecule has 6 rings (SSSR count). The number of alkyl halides is 3. The number of pyridine rings is 1. The summed E-state index contributed by atoms with van der Waals surface area (Å²) in [5.41, 5.74) is 7.59. The van der Waals surface area contributed by atoms with E-state index < -0.39 is 17.6 Å². The van der Waals surface area contributed by atoms with Crippen LogP contribution in [0.25, 0.3) is 16.8 Å². The quantitative estimate of drug-likeness (QED) is 0.277. The number of carbonyl (C=O) groups is 2. The van der Waals surface area contributed by atoms with Gasteiger partial charge in [0.1, 0.15) is 28.7 Å². The molecule has 2 aliphatic rings. The second kappa shape index (κ2) is 11.5. The van der Waals surface area contributed by atoms with Gasteiger partial charge in [0.25, 0.3) is 5.91 Å². The van der Waals surface area contributed by atoms with Crippen molar-refractivity contribution in [1.29, 1.82) is 0 Å². The Morgan fingerprint density at radius 2 is 1.82 bits per heavy atom. The standard InChI is InChI=1S/C32H34F3N7O2/c1-18(2)22-14-23(15-22)31(44)41-12-3-4-21(17-41)29-40-26(27-28(36)38-11-13-42(27)29)19-5-7-20(8-6-19)30(43)39-25-16-24(9-10-37-25)32(33,34)35/h5-11,13,16,18,21-23H,3-4,12,14-15,17H2,1-2H3,(H2,36,38)(H,37,39,43)/t21-,22?,23?/m1/s1. The van der Waals surface area contributed by atoms with Crippen LogP contribution in [0.15, 0.2) is 55.0 Å². The van der Waals surface area contributed by atoms with Crippen molar-refractivity contribution in [2.45, 2.75) is 51.6 Å². The monoisotopic (exact) mass is 605 g/mol. The second-order valence-corrected chi connectivity index (χ2v) is 12.1. The van der Waals surface area contributed by atoms with E-state index in [-0.39, 0.29) is 29.1 Å². The van der Waals surface area contributed by atoms with Crippen LogP contribution in [-0.2, 0) is 11.0 Å². The molecule has 1 atom stereocenters. The van der Waals surface area contributed by atoms with Gasteiger partial charge in [-0.2, -0.15) is 13.2 Å². The molecule has 1 aliphatic heterocycles. The van der Waals surface area contributed by atoms with Crippen molar-refractivity contribution in [2.75, 3.05) is 24.1 Å². The molecular formula is C32H34F3N7O2. The zero-order valence-corrected chi connectivity index (χ0v) is 24.5. The minimum absolute atomic E-state index is 0.0155. The number of nitrogens with one attached hydrogen (secondary N) is 1. The fourth-order valence-electron chi connectivity index (χ4n) is 6.27. The van der Waals surface area contributed by atoms with Gasteiger partial charge in [-0.25, -0.2) is 15.0 Å². The van der Waals surface area contributed by atoms with E-state index in [4.69, 9.17) is 10.7 Å². The van der Waals surface area contributed by atoms with Crippen LogP contribution in [-0.4, -0.2) is 49.2 Å². The lowest BCUT2D eigenvalue weighted by molar-refractivity contribution is -0.142. The number of fused-ring (bicyclic) bond motifs is 1. The van der Waals surface area contributed by atoms with Gasteiger partial charge < -0.3 is 16.0 Å². The van der Waals surface area contributed by atoms with E-state index in [9.17, 15) is 22.8 Å². The molecule has 4 aromatic rings. The van der Waals surface area contributed by atoms with Crippen molar-refractivity contribution >= 4 is 29.0 Å². The summed E-state index contributed by atoms with van der Waals surface area (Å²) in [6.45, 7) is 5.76. The third kappa shape index (κ3) is 5.72. The van der Waals surface area contributed by atoms with Gasteiger partial charge in [0.2, 0.25) is 5.91 Å². The number of imidazole rings is 1. The number of nitrogen functional groups attached to an aromatic ring is 1. The molecule has 2 fully saturated rings. The van der Waals surface area contributed by atoms with Crippen molar-refractivity contribution in [3.63, 3.8) is 0 Å². The molecule has 3 aromatic heterocycles. The molecule has 2 amide bonds. The summed E-state index contributed by atoms with van der Waals surface area (Å²) >= 11 is 0. The van der Waals surface area contributed by atoms with E-state index in [1.807, 2.05) is 15.5 Å². The predicted molar refractivity (Wildman–Crippen MR) is 160 cm³/mol. The Balaban J connectivity index is 1.22. The molecule has 0 radical (unpaired) electrons. The highest BCUT2D eigenvalue weighted by atomic mass is 19.4. The lowest BCUT2D eigenvalue weighted by atomic mass is 9.69. The molecule has 0 spiro atoms. The Kier molecular flexibility index (Phi) is 7.77. The summed E-state index contributed by atoms with van der Waals surface area (Å²) in [7, 11) is 0. The van der Waals surface area contributed by atoms with Gasteiger partial charge in [0, 0.05) is 54.6 Å². The van der Waals surface area contributed by atoms with E-state index in [2.05, 4.69) is 29.1 Å². The number of benzene rings is 1. The van der Waals surface area contributed by atoms with Crippen molar-refractivity contribution < 1.29 is 22.8 Å². The third-order valence-electron chi connectivity index (χ3n) is 8.92. The van der Waals surface area contributed by atoms with E-state index >= 15 is 0 Å². The summed E-state index contributed by atoms with van der Waals surface area (Å²) in [5, 5.41) is 2.42. The normalized spacial score (nSPS) is 20.5. The zero-order chi connectivity index (χ0) is 31.2. The number of nitrogens with zero attached hydrogens (tertiary/aromatic N) is 5. The number of likely N-dealkylation sites (tertiary alicyclic amines) is 1. The molecule has 0 unspecified atom stereocenters. The first-order valence-corrected chi connectivity index (χ1v) is 14.9. The minimum atomic E-state index is -4.55. The van der Waals surface area contributed by atoms with Crippen LogP contribution < -0.4 is 11.1 Å². The van der Waals surface area contributed by atoms with Gasteiger partial charge in [0.05, 0.1) is 5.56 Å². The maximum absolute atomic E-state index is 13.3. The Morgan fingerprint density at radius 1 is 1.07 bits per heavy atom. The first-order chi connectivity index (χ1) is 21.0. The van der Waals surface area contributed by atoms with Crippen molar-refractivity contribution in [1.82, 2.24) is 24.3 Å². The highest BCUT2D eigenvalue weighted by molar-refractivity contribution is 6.04. The first-order valence-electron chi connectivity index (χ1n) is 14.9. The summed E-state index contributed by atoms with van der Waals surface area (Å²) in [4.78, 5) is 41.2. The van der Waals surface area contributed by atoms with Crippen LogP contribution in [0.5, 0.6) is 0 Å². The number of anilines is 2. The number of nitrogens with two attached hydrogens (primary N) is 1. The summed E-state index contributed by atoms with van der Waals surface area (Å²) < 4.78 is 41.1. The Labute approximate surface area is 252 Å². The lowest BCUT2D eigenvalue weighted by Crippen LogP contribution is -2.46. The Hall–Kier alpha value is -4.48. The number of rotatable bonds is 6. The largest absolute Gasteiger partial charge is 0.416 e. The van der Waals surface area contributed by atoms with Crippen LogP contribution in [0.4, 0.5) is 24.8 Å². The minimum Gasteiger partial charge on any atom is -0.382 e. The van der Waals surface area contributed by atoms with Crippen molar-refractivity contribution in [3.8, 4) is 11.3 Å². The average Bonchev–Trinajstić information content (AvgIpc) is 3.37. The number of piperidine rings is 1. The topological polar surface area (TPSA) is 119 Å². The molecule has 44 heavy (non-hydrogen) atoms.